The summed E-state index contributed by atoms with van der Waals surface area (Å²) in [5.41, 5.74) is 0. The fraction of sp³-hybridized carbons (Fsp3) is 0.929. The van der Waals surface area contributed by atoms with Gasteiger partial charge in [0.25, 0.3) is 0 Å². The number of carbonyl (C=O) groups is 1. The average Bonchev–Trinajstić information content (AvgIpc) is 2.77. The zero-order valence-corrected chi connectivity index (χ0v) is 11.5. The number of hydrogen-bond donors (Lipinski definition) is 1. The van der Waals surface area contributed by atoms with Gasteiger partial charge < -0.3 is 14.7 Å². The molecule has 0 aromatic heterocycles. The zero-order valence-electron chi connectivity index (χ0n) is 11.5. The van der Waals surface area contributed by atoms with Gasteiger partial charge in [-0.15, -0.1) is 0 Å². The van der Waals surface area contributed by atoms with Crippen molar-refractivity contribution in [3.05, 3.63) is 0 Å². The molecule has 0 spiro atoms. The second-order valence-electron chi connectivity index (χ2n) is 6.03. The van der Waals surface area contributed by atoms with Crippen LogP contribution in [0.2, 0.25) is 0 Å². The first-order valence-electron chi connectivity index (χ1n) is 7.14. The van der Waals surface area contributed by atoms with Crippen LogP contribution in [0.5, 0.6) is 0 Å². The number of hydrogen-bond acceptors (Lipinski definition) is 3. The van der Waals surface area contributed by atoms with E-state index in [2.05, 4.69) is 18.9 Å². The van der Waals surface area contributed by atoms with Gasteiger partial charge >= 0.3 is 5.97 Å². The van der Waals surface area contributed by atoms with E-state index < -0.39 is 12.1 Å². The molecular formula is C14H25NO3. The fourth-order valence-electron chi connectivity index (χ4n) is 3.29. The smallest absolute Gasteiger partial charge is 0.332 e. The second kappa shape index (κ2) is 6.02. The highest BCUT2D eigenvalue weighted by molar-refractivity contribution is 5.72. The summed E-state index contributed by atoms with van der Waals surface area (Å²) in [6.45, 7) is 3.20. The molecule has 0 aromatic rings. The van der Waals surface area contributed by atoms with Crippen molar-refractivity contribution in [3.8, 4) is 0 Å². The third-order valence-electron chi connectivity index (χ3n) is 4.41. The van der Waals surface area contributed by atoms with E-state index in [1.165, 1.54) is 25.7 Å². The molecule has 4 heteroatoms. The van der Waals surface area contributed by atoms with Gasteiger partial charge in [-0.05, 0) is 38.6 Å². The maximum Gasteiger partial charge on any atom is 0.332 e. The lowest BCUT2D eigenvalue weighted by atomic mass is 9.86. The molecule has 2 fully saturated rings. The summed E-state index contributed by atoms with van der Waals surface area (Å²) in [5, 5.41) is 8.91. The van der Waals surface area contributed by atoms with E-state index in [9.17, 15) is 4.79 Å². The molecule has 18 heavy (non-hydrogen) atoms. The summed E-state index contributed by atoms with van der Waals surface area (Å²) in [6, 6.07) is 0.654. The maximum atomic E-state index is 10.8. The SMILES string of the molecule is CC1CCCC(N(C)CC2CCC(C(=O)O)O2)C1. The predicted molar refractivity (Wildman–Crippen MR) is 69.6 cm³/mol. The minimum atomic E-state index is -0.813. The van der Waals surface area contributed by atoms with Gasteiger partial charge in [-0.2, -0.15) is 0 Å². The van der Waals surface area contributed by atoms with Crippen LogP contribution in [0.25, 0.3) is 0 Å². The molecule has 4 nitrogen and oxygen atoms in total. The van der Waals surface area contributed by atoms with E-state index in [0.29, 0.717) is 12.5 Å². The number of carboxylic acid groups (broad SMARTS) is 1. The molecule has 2 aliphatic rings. The molecule has 4 unspecified atom stereocenters. The molecule has 1 saturated heterocycles. The summed E-state index contributed by atoms with van der Waals surface area (Å²) >= 11 is 0. The van der Waals surface area contributed by atoms with Gasteiger partial charge in [0.15, 0.2) is 6.10 Å². The Hall–Kier alpha value is -0.610. The third-order valence-corrected chi connectivity index (χ3v) is 4.41. The highest BCUT2D eigenvalue weighted by Crippen LogP contribution is 2.28. The fourth-order valence-corrected chi connectivity index (χ4v) is 3.29. The Morgan fingerprint density at radius 2 is 2.11 bits per heavy atom. The van der Waals surface area contributed by atoms with Crippen LogP contribution in [0.4, 0.5) is 0 Å². The lowest BCUT2D eigenvalue weighted by molar-refractivity contribution is -0.149. The maximum absolute atomic E-state index is 10.8. The number of nitrogens with zero attached hydrogens (tertiary/aromatic N) is 1. The Morgan fingerprint density at radius 1 is 1.33 bits per heavy atom. The highest BCUT2D eigenvalue weighted by atomic mass is 16.5. The average molecular weight is 255 g/mol. The Labute approximate surface area is 109 Å². The second-order valence-corrected chi connectivity index (χ2v) is 6.03. The summed E-state index contributed by atoms with van der Waals surface area (Å²) in [5.74, 6) is 0.00825. The molecule has 0 aromatic carbocycles. The van der Waals surface area contributed by atoms with Crippen LogP contribution in [0, 0.1) is 5.92 Å². The summed E-state index contributed by atoms with van der Waals surface area (Å²) in [4.78, 5) is 13.2. The Balaban J connectivity index is 1.77. The molecule has 1 saturated carbocycles. The van der Waals surface area contributed by atoms with Crippen molar-refractivity contribution >= 4 is 5.97 Å². The minimum absolute atomic E-state index is 0.105. The van der Waals surface area contributed by atoms with Crippen molar-refractivity contribution in [2.24, 2.45) is 5.92 Å². The number of ether oxygens (including phenoxy) is 1. The number of rotatable bonds is 4. The first-order chi connectivity index (χ1) is 8.56. The van der Waals surface area contributed by atoms with Crippen LogP contribution in [-0.4, -0.2) is 47.8 Å². The molecule has 0 amide bonds. The highest BCUT2D eigenvalue weighted by Gasteiger charge is 2.32. The molecule has 1 aliphatic heterocycles. The van der Waals surface area contributed by atoms with Gasteiger partial charge in [-0.3, -0.25) is 0 Å². The Bertz CT molecular complexity index is 295. The van der Waals surface area contributed by atoms with Crippen LogP contribution in [-0.2, 0) is 9.53 Å². The van der Waals surface area contributed by atoms with Crippen molar-refractivity contribution in [3.63, 3.8) is 0 Å². The van der Waals surface area contributed by atoms with E-state index in [1.807, 2.05) is 0 Å². The number of carboxylic acids is 1. The summed E-state index contributed by atoms with van der Waals surface area (Å²) in [7, 11) is 2.15. The molecule has 1 heterocycles. The summed E-state index contributed by atoms with van der Waals surface area (Å²) in [6.07, 6.45) is 6.28. The summed E-state index contributed by atoms with van der Waals surface area (Å²) < 4.78 is 5.57. The number of aliphatic carboxylic acids is 1. The van der Waals surface area contributed by atoms with Crippen molar-refractivity contribution in [2.45, 2.75) is 63.7 Å². The Kier molecular flexibility index (Phi) is 4.62. The topological polar surface area (TPSA) is 49.8 Å². The molecule has 2 rings (SSSR count). The normalized spacial score (nSPS) is 37.1. The molecule has 1 N–H and O–H groups in total. The molecule has 0 radical (unpaired) electrons. The van der Waals surface area contributed by atoms with Crippen LogP contribution < -0.4 is 0 Å². The van der Waals surface area contributed by atoms with Gasteiger partial charge in [0.05, 0.1) is 6.10 Å². The standard InChI is InChI=1S/C14H25NO3/c1-10-4-3-5-11(8-10)15(2)9-12-6-7-13(18-12)14(16)17/h10-13H,3-9H2,1-2H3,(H,16,17). The van der Waals surface area contributed by atoms with Crippen molar-refractivity contribution in [1.82, 2.24) is 4.90 Å². The Morgan fingerprint density at radius 3 is 2.72 bits per heavy atom. The van der Waals surface area contributed by atoms with Gasteiger partial charge in [-0.1, -0.05) is 19.8 Å². The van der Waals surface area contributed by atoms with Crippen LogP contribution >= 0.6 is 0 Å². The van der Waals surface area contributed by atoms with Gasteiger partial charge in [0, 0.05) is 12.6 Å². The molecular weight excluding hydrogens is 230 g/mol. The number of likely N-dealkylation sites (N-methyl/N-ethyl adjacent to an activating group) is 1. The first kappa shape index (κ1) is 13.8. The molecule has 104 valence electrons. The van der Waals surface area contributed by atoms with Crippen LogP contribution in [0.3, 0.4) is 0 Å². The zero-order chi connectivity index (χ0) is 13.1. The largest absolute Gasteiger partial charge is 0.479 e. The van der Waals surface area contributed by atoms with Crippen LogP contribution in [0.15, 0.2) is 0 Å². The first-order valence-corrected chi connectivity index (χ1v) is 7.14. The quantitative estimate of drug-likeness (QED) is 0.836. The third kappa shape index (κ3) is 3.45. The molecule has 0 bridgehead atoms. The van der Waals surface area contributed by atoms with E-state index >= 15 is 0 Å². The predicted octanol–water partition coefficient (Wildman–Crippen LogP) is 2.13. The van der Waals surface area contributed by atoms with E-state index in [0.717, 1.165) is 18.9 Å². The van der Waals surface area contributed by atoms with Gasteiger partial charge in [-0.25, -0.2) is 4.79 Å². The van der Waals surface area contributed by atoms with E-state index in [-0.39, 0.29) is 6.10 Å². The molecule has 1 aliphatic carbocycles. The van der Waals surface area contributed by atoms with E-state index in [4.69, 9.17) is 9.84 Å². The molecule has 4 atom stereocenters. The van der Waals surface area contributed by atoms with Crippen molar-refractivity contribution in [1.29, 1.82) is 0 Å². The minimum Gasteiger partial charge on any atom is -0.479 e. The monoisotopic (exact) mass is 255 g/mol. The van der Waals surface area contributed by atoms with E-state index in [1.54, 1.807) is 0 Å². The lowest BCUT2D eigenvalue weighted by Crippen LogP contribution is -2.40. The van der Waals surface area contributed by atoms with Gasteiger partial charge in [0.2, 0.25) is 0 Å². The van der Waals surface area contributed by atoms with Crippen molar-refractivity contribution in [2.75, 3.05) is 13.6 Å². The van der Waals surface area contributed by atoms with Gasteiger partial charge in [0.1, 0.15) is 0 Å². The van der Waals surface area contributed by atoms with Crippen LogP contribution in [0.1, 0.15) is 45.4 Å². The van der Waals surface area contributed by atoms with Crippen molar-refractivity contribution < 1.29 is 14.6 Å². The lowest BCUT2D eigenvalue weighted by Gasteiger charge is -2.35.